The highest BCUT2D eigenvalue weighted by molar-refractivity contribution is 6.18. The molecule has 0 radical (unpaired) electrons. The first-order valence-corrected chi connectivity index (χ1v) is 8.34. The number of allylic oxidation sites excluding steroid dienone is 1. The monoisotopic (exact) mass is 345 g/mol. The lowest BCUT2D eigenvalue weighted by molar-refractivity contribution is 0.874. The highest BCUT2D eigenvalue weighted by atomic mass is 35.5. The molecule has 5 heteroatoms. The van der Waals surface area contributed by atoms with Crippen LogP contribution in [0.1, 0.15) is 11.1 Å². The zero-order valence-electron chi connectivity index (χ0n) is 12.6. The van der Waals surface area contributed by atoms with Crippen molar-refractivity contribution in [2.45, 2.75) is 0 Å². The number of anilines is 1. The average molecular weight is 346 g/mol. The Morgan fingerprint density at radius 1 is 1.04 bits per heavy atom. The van der Waals surface area contributed by atoms with Crippen LogP contribution in [0.4, 0.5) is 5.69 Å². The van der Waals surface area contributed by atoms with Gasteiger partial charge in [-0.25, -0.2) is 0 Å². The minimum absolute atomic E-state index is 0.555. The second-order valence-corrected chi connectivity index (χ2v) is 5.62. The van der Waals surface area contributed by atoms with E-state index >= 15 is 0 Å². The quantitative estimate of drug-likeness (QED) is 0.550. The number of hydrogen-bond donors (Lipinski definition) is 0. The maximum absolute atomic E-state index is 9.35. The van der Waals surface area contributed by atoms with Gasteiger partial charge < -0.3 is 4.90 Å². The predicted octanol–water partition coefficient (Wildman–Crippen LogP) is 4.43. The fourth-order valence-electron chi connectivity index (χ4n) is 2.23. The summed E-state index contributed by atoms with van der Waals surface area (Å²) in [5.74, 6) is 1.11. The Kier molecular flexibility index (Phi) is 6.93. The van der Waals surface area contributed by atoms with Crippen molar-refractivity contribution in [3.05, 3.63) is 59.9 Å². The minimum Gasteiger partial charge on any atom is -0.369 e. The molecule has 0 saturated carbocycles. The molecule has 23 heavy (non-hydrogen) atoms. The van der Waals surface area contributed by atoms with E-state index in [2.05, 4.69) is 16.0 Å². The summed E-state index contributed by atoms with van der Waals surface area (Å²) in [6.45, 7) is 1.51. The Morgan fingerprint density at radius 2 is 1.65 bits per heavy atom. The van der Waals surface area contributed by atoms with Gasteiger partial charge in [0.1, 0.15) is 0 Å². The van der Waals surface area contributed by atoms with Crippen LogP contribution in [-0.4, -0.2) is 29.8 Å². The number of aromatic nitrogens is 1. The topological polar surface area (TPSA) is 39.9 Å². The second-order valence-electron chi connectivity index (χ2n) is 4.86. The Bertz CT molecular complexity index is 670. The Hall–Kier alpha value is -2.02. The highest BCUT2D eigenvalue weighted by Gasteiger charge is 2.05. The first kappa shape index (κ1) is 17.3. The van der Waals surface area contributed by atoms with Crippen LogP contribution in [0.3, 0.4) is 0 Å². The van der Waals surface area contributed by atoms with Gasteiger partial charge in [0.25, 0.3) is 0 Å². The smallest absolute Gasteiger partial charge is 0.0998 e. The Labute approximate surface area is 146 Å². The molecule has 0 N–H and O–H groups in total. The molecular weight excluding hydrogens is 329 g/mol. The molecule has 0 aliphatic rings. The average Bonchev–Trinajstić information content (AvgIpc) is 2.61. The van der Waals surface area contributed by atoms with Gasteiger partial charge in [-0.3, -0.25) is 4.98 Å². The third-order valence-electron chi connectivity index (χ3n) is 3.39. The molecule has 0 saturated heterocycles. The number of nitrogens with zero attached hydrogens (tertiary/aromatic N) is 3. The van der Waals surface area contributed by atoms with E-state index in [0.717, 1.165) is 29.9 Å². The summed E-state index contributed by atoms with van der Waals surface area (Å²) in [5, 5.41) is 9.35. The summed E-state index contributed by atoms with van der Waals surface area (Å²) in [6, 6.07) is 13.9. The molecule has 0 unspecified atom stereocenters. The molecule has 118 valence electrons. The fourth-order valence-corrected chi connectivity index (χ4v) is 2.64. The molecule has 0 amide bonds. The number of nitriles is 1. The predicted molar refractivity (Wildman–Crippen MR) is 97.8 cm³/mol. The summed E-state index contributed by atoms with van der Waals surface area (Å²) in [6.07, 6.45) is 5.23. The van der Waals surface area contributed by atoms with E-state index in [-0.39, 0.29) is 0 Å². The molecule has 3 nitrogen and oxygen atoms in total. The number of rotatable bonds is 7. The summed E-state index contributed by atoms with van der Waals surface area (Å²) >= 11 is 11.7. The number of hydrogen-bond acceptors (Lipinski definition) is 3. The second kappa shape index (κ2) is 9.19. The number of halogens is 2. The summed E-state index contributed by atoms with van der Waals surface area (Å²) in [7, 11) is 0. The molecule has 0 aliphatic carbocycles. The van der Waals surface area contributed by atoms with Crippen LogP contribution in [0.2, 0.25) is 0 Å². The molecule has 1 aromatic heterocycles. The zero-order chi connectivity index (χ0) is 16.5. The Morgan fingerprint density at radius 3 is 2.17 bits per heavy atom. The SMILES string of the molecule is N#CC(=Cc1ccc(N(CCCl)CCCl)cc1)c1ccncc1. The van der Waals surface area contributed by atoms with Crippen LogP contribution < -0.4 is 4.90 Å². The maximum atomic E-state index is 9.35. The third kappa shape index (κ3) is 4.99. The first-order chi connectivity index (χ1) is 11.3. The molecule has 0 fully saturated rings. The van der Waals surface area contributed by atoms with Crippen LogP contribution in [-0.2, 0) is 0 Å². The van der Waals surface area contributed by atoms with Crippen LogP contribution in [0.5, 0.6) is 0 Å². The summed E-state index contributed by atoms with van der Waals surface area (Å²) in [5.41, 5.74) is 3.51. The van der Waals surface area contributed by atoms with Gasteiger partial charge in [-0.1, -0.05) is 12.1 Å². The van der Waals surface area contributed by atoms with E-state index in [9.17, 15) is 5.26 Å². The van der Waals surface area contributed by atoms with Crippen molar-refractivity contribution in [3.8, 4) is 6.07 Å². The molecule has 2 rings (SSSR count). The zero-order valence-corrected chi connectivity index (χ0v) is 14.1. The lowest BCUT2D eigenvalue weighted by Crippen LogP contribution is -2.27. The van der Waals surface area contributed by atoms with Gasteiger partial charge in [0.15, 0.2) is 0 Å². The third-order valence-corrected chi connectivity index (χ3v) is 3.73. The number of benzene rings is 1. The minimum atomic E-state index is 0.555. The summed E-state index contributed by atoms with van der Waals surface area (Å²) in [4.78, 5) is 6.11. The number of pyridine rings is 1. The molecule has 0 atom stereocenters. The van der Waals surface area contributed by atoms with Gasteiger partial charge in [0, 0.05) is 42.9 Å². The molecular formula is C18H17Cl2N3. The van der Waals surface area contributed by atoms with E-state index in [4.69, 9.17) is 23.2 Å². The van der Waals surface area contributed by atoms with Gasteiger partial charge in [-0.2, -0.15) is 5.26 Å². The normalized spacial score (nSPS) is 11.1. The van der Waals surface area contributed by atoms with E-state index < -0.39 is 0 Å². The van der Waals surface area contributed by atoms with Gasteiger partial charge in [-0.15, -0.1) is 23.2 Å². The molecule has 0 bridgehead atoms. The molecule has 1 aromatic carbocycles. The maximum Gasteiger partial charge on any atom is 0.0998 e. The molecule has 1 heterocycles. The largest absolute Gasteiger partial charge is 0.369 e. The van der Waals surface area contributed by atoms with Gasteiger partial charge in [0.05, 0.1) is 11.6 Å². The van der Waals surface area contributed by atoms with E-state index in [1.54, 1.807) is 12.4 Å². The highest BCUT2D eigenvalue weighted by Crippen LogP contribution is 2.20. The summed E-state index contributed by atoms with van der Waals surface area (Å²) < 4.78 is 0. The van der Waals surface area contributed by atoms with E-state index in [1.807, 2.05) is 42.5 Å². The molecule has 2 aromatic rings. The first-order valence-electron chi connectivity index (χ1n) is 7.27. The van der Waals surface area contributed by atoms with E-state index in [0.29, 0.717) is 17.3 Å². The van der Waals surface area contributed by atoms with Crippen molar-refractivity contribution in [3.63, 3.8) is 0 Å². The molecule has 0 spiro atoms. The number of alkyl halides is 2. The van der Waals surface area contributed by atoms with Crippen molar-refractivity contribution in [2.24, 2.45) is 0 Å². The fraction of sp³-hybridized carbons (Fsp3) is 0.222. The van der Waals surface area contributed by atoms with Crippen LogP contribution >= 0.6 is 23.2 Å². The molecule has 0 aliphatic heterocycles. The van der Waals surface area contributed by atoms with Gasteiger partial charge >= 0.3 is 0 Å². The lowest BCUT2D eigenvalue weighted by atomic mass is 10.0. The van der Waals surface area contributed by atoms with Crippen LogP contribution in [0, 0.1) is 11.3 Å². The van der Waals surface area contributed by atoms with Gasteiger partial charge in [-0.05, 0) is 41.5 Å². The Balaban J connectivity index is 2.21. The van der Waals surface area contributed by atoms with Crippen LogP contribution in [0.25, 0.3) is 11.6 Å². The van der Waals surface area contributed by atoms with E-state index in [1.165, 1.54) is 0 Å². The lowest BCUT2D eigenvalue weighted by Gasteiger charge is -2.22. The van der Waals surface area contributed by atoms with Crippen molar-refractivity contribution in [1.82, 2.24) is 4.98 Å². The van der Waals surface area contributed by atoms with Crippen LogP contribution in [0.15, 0.2) is 48.8 Å². The van der Waals surface area contributed by atoms with Crippen molar-refractivity contribution in [2.75, 3.05) is 29.7 Å². The standard InChI is InChI=1S/C18H17Cl2N3/c19-7-11-23(12-8-20)18-3-1-15(2-4-18)13-17(14-21)16-5-9-22-10-6-16/h1-6,9-10,13H,7-8,11-12H2. The van der Waals surface area contributed by atoms with Gasteiger partial charge in [0.2, 0.25) is 0 Å². The van der Waals surface area contributed by atoms with Crippen molar-refractivity contribution < 1.29 is 0 Å². The van der Waals surface area contributed by atoms with Crippen molar-refractivity contribution >= 4 is 40.5 Å². The van der Waals surface area contributed by atoms with Crippen molar-refractivity contribution in [1.29, 1.82) is 5.26 Å².